The summed E-state index contributed by atoms with van der Waals surface area (Å²) in [7, 11) is 3.92. The van der Waals surface area contributed by atoms with Gasteiger partial charge >= 0.3 is 0 Å². The summed E-state index contributed by atoms with van der Waals surface area (Å²) in [6.07, 6.45) is 6.84. The lowest BCUT2D eigenvalue weighted by molar-refractivity contribution is 0.260. The molecular formula is C27H23FN8O. The van der Waals surface area contributed by atoms with E-state index < -0.39 is 5.82 Å². The van der Waals surface area contributed by atoms with Gasteiger partial charge in [0.15, 0.2) is 5.82 Å². The highest BCUT2D eigenvalue weighted by atomic mass is 19.1. The standard InChI is InChI=1S/C27H23FN8O/c1-36(2)7-8-37-18-10-16(9-17(28)11-18)20-13-29-14-24-25(20)33-27(32-24)26-19-12-22(21-5-3-4-6-30-21)31-15-23(19)34-35-26/h3-6,9-15H,7-8H2,1-2H3,(H,32,33)(H,34,35). The molecule has 0 atom stereocenters. The predicted molar refractivity (Wildman–Crippen MR) is 139 cm³/mol. The van der Waals surface area contributed by atoms with Gasteiger partial charge in [-0.1, -0.05) is 6.07 Å². The van der Waals surface area contributed by atoms with Gasteiger partial charge in [-0.15, -0.1) is 0 Å². The molecule has 5 aromatic heterocycles. The molecule has 0 aliphatic carbocycles. The Hall–Kier alpha value is -4.70. The number of fused-ring (bicyclic) bond motifs is 2. The Morgan fingerprint density at radius 3 is 2.73 bits per heavy atom. The van der Waals surface area contributed by atoms with Crippen molar-refractivity contribution in [1.29, 1.82) is 0 Å². The number of hydrogen-bond acceptors (Lipinski definition) is 7. The van der Waals surface area contributed by atoms with Gasteiger partial charge in [-0.05, 0) is 50.0 Å². The second kappa shape index (κ2) is 9.40. The van der Waals surface area contributed by atoms with Crippen LogP contribution in [0.15, 0.2) is 67.3 Å². The van der Waals surface area contributed by atoms with Crippen molar-refractivity contribution in [3.8, 4) is 39.8 Å². The lowest BCUT2D eigenvalue weighted by Gasteiger charge is -2.12. The predicted octanol–water partition coefficient (Wildman–Crippen LogP) is 4.70. The van der Waals surface area contributed by atoms with Crippen LogP contribution in [0.3, 0.4) is 0 Å². The number of nitrogens with one attached hydrogen (secondary N) is 2. The fourth-order valence-corrected chi connectivity index (χ4v) is 4.16. The maximum Gasteiger partial charge on any atom is 0.159 e. The topological polar surface area (TPSA) is 108 Å². The zero-order chi connectivity index (χ0) is 25.4. The van der Waals surface area contributed by atoms with Crippen molar-refractivity contribution in [2.45, 2.75) is 0 Å². The fourth-order valence-electron chi connectivity index (χ4n) is 4.16. The SMILES string of the molecule is CN(C)CCOc1cc(F)cc(-c2cncc3[nH]c(-c4n[nH]c5cnc(-c6ccccn6)cc45)nc23)c1. The number of hydrogen-bond donors (Lipinski definition) is 2. The minimum absolute atomic E-state index is 0.391. The maximum absolute atomic E-state index is 14.5. The summed E-state index contributed by atoms with van der Waals surface area (Å²) in [4.78, 5) is 23.4. The number of aromatic nitrogens is 7. The van der Waals surface area contributed by atoms with E-state index in [0.29, 0.717) is 46.0 Å². The van der Waals surface area contributed by atoms with Crippen LogP contribution in [0.4, 0.5) is 4.39 Å². The highest BCUT2D eigenvalue weighted by Gasteiger charge is 2.17. The molecule has 0 radical (unpaired) electrons. The van der Waals surface area contributed by atoms with Gasteiger partial charge in [-0.2, -0.15) is 5.10 Å². The van der Waals surface area contributed by atoms with Crippen LogP contribution in [0.1, 0.15) is 0 Å². The number of rotatable bonds is 7. The first-order chi connectivity index (χ1) is 18.0. The zero-order valence-corrected chi connectivity index (χ0v) is 20.2. The lowest BCUT2D eigenvalue weighted by atomic mass is 10.1. The molecule has 0 saturated heterocycles. The molecule has 0 aliphatic rings. The summed E-state index contributed by atoms with van der Waals surface area (Å²) in [6.45, 7) is 1.17. The molecule has 6 aromatic rings. The van der Waals surface area contributed by atoms with Crippen molar-refractivity contribution in [3.05, 3.63) is 73.1 Å². The van der Waals surface area contributed by atoms with E-state index in [9.17, 15) is 4.39 Å². The number of benzene rings is 1. The number of pyridine rings is 3. The van der Waals surface area contributed by atoms with Gasteiger partial charge in [0.2, 0.25) is 0 Å². The third-order valence-electron chi connectivity index (χ3n) is 5.98. The Morgan fingerprint density at radius 1 is 0.973 bits per heavy atom. The zero-order valence-electron chi connectivity index (χ0n) is 20.2. The molecule has 0 fully saturated rings. The summed E-state index contributed by atoms with van der Waals surface area (Å²) >= 11 is 0. The minimum atomic E-state index is -0.391. The number of nitrogens with zero attached hydrogens (tertiary/aromatic N) is 6. The normalized spacial score (nSPS) is 11.6. The lowest BCUT2D eigenvalue weighted by Crippen LogP contribution is -2.19. The molecule has 37 heavy (non-hydrogen) atoms. The smallest absolute Gasteiger partial charge is 0.159 e. The number of aromatic amines is 2. The quantitative estimate of drug-likeness (QED) is 0.331. The van der Waals surface area contributed by atoms with E-state index in [1.807, 2.05) is 43.3 Å². The summed E-state index contributed by atoms with van der Waals surface area (Å²) in [5.41, 5.74) is 5.60. The van der Waals surface area contributed by atoms with Gasteiger partial charge in [0.25, 0.3) is 0 Å². The third kappa shape index (κ3) is 4.50. The monoisotopic (exact) mass is 494 g/mol. The summed E-state index contributed by atoms with van der Waals surface area (Å²) < 4.78 is 20.3. The minimum Gasteiger partial charge on any atom is -0.492 e. The highest BCUT2D eigenvalue weighted by Crippen LogP contribution is 2.33. The largest absolute Gasteiger partial charge is 0.492 e. The van der Waals surface area contributed by atoms with Crippen molar-refractivity contribution >= 4 is 21.9 Å². The van der Waals surface area contributed by atoms with E-state index >= 15 is 0 Å². The first-order valence-electron chi connectivity index (χ1n) is 11.7. The van der Waals surface area contributed by atoms with E-state index in [0.717, 1.165) is 28.8 Å². The molecule has 9 nitrogen and oxygen atoms in total. The van der Waals surface area contributed by atoms with Crippen LogP contribution < -0.4 is 4.74 Å². The molecule has 0 bridgehead atoms. The Balaban J connectivity index is 1.41. The molecule has 0 unspecified atom stereocenters. The number of halogens is 1. The summed E-state index contributed by atoms with van der Waals surface area (Å²) in [5, 5.41) is 8.36. The third-order valence-corrected chi connectivity index (χ3v) is 5.98. The van der Waals surface area contributed by atoms with Crippen LogP contribution in [0, 0.1) is 5.82 Å². The number of likely N-dealkylation sites (N-methyl/N-ethyl adjacent to an activating group) is 1. The molecule has 2 N–H and O–H groups in total. The average molecular weight is 495 g/mol. The van der Waals surface area contributed by atoms with Gasteiger partial charge in [-0.25, -0.2) is 9.37 Å². The van der Waals surface area contributed by atoms with Gasteiger partial charge < -0.3 is 14.6 Å². The number of H-pyrrole nitrogens is 2. The van der Waals surface area contributed by atoms with Crippen molar-refractivity contribution in [2.75, 3.05) is 27.2 Å². The Bertz CT molecular complexity index is 1710. The Morgan fingerprint density at radius 2 is 1.89 bits per heavy atom. The van der Waals surface area contributed by atoms with Gasteiger partial charge in [0.1, 0.15) is 23.9 Å². The van der Waals surface area contributed by atoms with Gasteiger partial charge in [0.05, 0.1) is 40.3 Å². The van der Waals surface area contributed by atoms with Crippen LogP contribution in [-0.2, 0) is 0 Å². The second-order valence-electron chi connectivity index (χ2n) is 8.90. The molecule has 0 amide bonds. The first-order valence-corrected chi connectivity index (χ1v) is 11.7. The molecule has 0 aliphatic heterocycles. The van der Waals surface area contributed by atoms with Crippen LogP contribution >= 0.6 is 0 Å². The number of ether oxygens (including phenoxy) is 1. The van der Waals surface area contributed by atoms with Crippen molar-refractivity contribution in [2.24, 2.45) is 0 Å². The van der Waals surface area contributed by atoms with Gasteiger partial charge in [0, 0.05) is 36.0 Å². The first kappa shape index (κ1) is 22.7. The molecule has 10 heteroatoms. The molecule has 1 aromatic carbocycles. The van der Waals surface area contributed by atoms with Crippen molar-refractivity contribution in [1.82, 2.24) is 40.0 Å². The van der Waals surface area contributed by atoms with Crippen LogP contribution in [0.5, 0.6) is 5.75 Å². The molecule has 5 heterocycles. The van der Waals surface area contributed by atoms with E-state index in [1.54, 1.807) is 30.9 Å². The number of imidazole rings is 1. The summed E-state index contributed by atoms with van der Waals surface area (Å²) in [6, 6.07) is 12.3. The van der Waals surface area contributed by atoms with E-state index in [2.05, 4.69) is 30.1 Å². The average Bonchev–Trinajstić information content (AvgIpc) is 3.52. The Labute approximate surface area is 211 Å². The van der Waals surface area contributed by atoms with E-state index in [1.165, 1.54) is 12.1 Å². The molecule has 0 saturated carbocycles. The summed E-state index contributed by atoms with van der Waals surface area (Å²) in [5.74, 6) is 0.628. The highest BCUT2D eigenvalue weighted by molar-refractivity contribution is 5.97. The molecule has 184 valence electrons. The van der Waals surface area contributed by atoms with E-state index in [4.69, 9.17) is 9.72 Å². The van der Waals surface area contributed by atoms with Crippen molar-refractivity contribution < 1.29 is 9.13 Å². The van der Waals surface area contributed by atoms with Crippen molar-refractivity contribution in [3.63, 3.8) is 0 Å². The van der Waals surface area contributed by atoms with Gasteiger partial charge in [-0.3, -0.25) is 20.1 Å². The maximum atomic E-state index is 14.5. The van der Waals surface area contributed by atoms with Crippen LogP contribution in [0.2, 0.25) is 0 Å². The second-order valence-corrected chi connectivity index (χ2v) is 8.90. The fraction of sp³-hybridized carbons (Fsp3) is 0.148. The van der Waals surface area contributed by atoms with E-state index in [-0.39, 0.29) is 0 Å². The molecule has 0 spiro atoms. The van der Waals surface area contributed by atoms with Crippen LogP contribution in [0.25, 0.3) is 56.0 Å². The Kier molecular flexibility index (Phi) is 5.78. The van der Waals surface area contributed by atoms with Crippen LogP contribution in [-0.4, -0.2) is 67.3 Å². The molecular weight excluding hydrogens is 471 g/mol. The molecule has 6 rings (SSSR count).